The van der Waals surface area contributed by atoms with Crippen molar-refractivity contribution in [2.45, 2.75) is 25.1 Å². The predicted octanol–water partition coefficient (Wildman–Crippen LogP) is 2.42. The third-order valence-corrected chi connectivity index (χ3v) is 5.25. The van der Waals surface area contributed by atoms with Crippen LogP contribution in [0.1, 0.15) is 18.4 Å². The molecule has 6 nitrogen and oxygen atoms in total. The average Bonchev–Trinajstić information content (AvgIpc) is 3.02. The molecule has 1 atom stereocenters. The van der Waals surface area contributed by atoms with Gasteiger partial charge >= 0.3 is 6.18 Å². The lowest BCUT2D eigenvalue weighted by molar-refractivity contribution is -0.137. The van der Waals surface area contributed by atoms with Crippen LogP contribution >= 0.6 is 11.6 Å². The van der Waals surface area contributed by atoms with Gasteiger partial charge < -0.3 is 10.1 Å². The fourth-order valence-electron chi connectivity index (χ4n) is 2.50. The van der Waals surface area contributed by atoms with E-state index in [1.165, 1.54) is 0 Å². The van der Waals surface area contributed by atoms with Gasteiger partial charge in [-0.25, -0.2) is 8.42 Å². The summed E-state index contributed by atoms with van der Waals surface area (Å²) < 4.78 is 68.9. The van der Waals surface area contributed by atoms with E-state index in [2.05, 4.69) is 5.32 Å². The third-order valence-electron chi connectivity index (χ3n) is 3.78. The summed E-state index contributed by atoms with van der Waals surface area (Å²) in [7, 11) is -3.99. The number of sulfonamides is 1. The molecule has 11 heteroatoms. The molecule has 1 aliphatic heterocycles. The molecule has 0 unspecified atom stereocenters. The second-order valence-corrected chi connectivity index (χ2v) is 8.18. The van der Waals surface area contributed by atoms with Gasteiger partial charge in [-0.15, -0.1) is 0 Å². The number of rotatable bonds is 6. The first kappa shape index (κ1) is 20.8. The first-order chi connectivity index (χ1) is 12.0. The molecule has 1 aromatic carbocycles. The summed E-state index contributed by atoms with van der Waals surface area (Å²) in [5, 5.41) is 1.98. The molecule has 0 spiro atoms. The Morgan fingerprint density at radius 2 is 2.12 bits per heavy atom. The normalized spacial score (nSPS) is 18.0. The number of ether oxygens (including phenoxy) is 1. The Hall–Kier alpha value is -1.52. The van der Waals surface area contributed by atoms with Gasteiger partial charge in [0.1, 0.15) is 6.54 Å². The summed E-state index contributed by atoms with van der Waals surface area (Å²) in [6.07, 6.45) is -2.43. The number of nitrogens with one attached hydrogen (secondary N) is 1. The topological polar surface area (TPSA) is 75.7 Å². The van der Waals surface area contributed by atoms with E-state index < -0.39 is 39.2 Å². The zero-order valence-corrected chi connectivity index (χ0v) is 15.4. The minimum absolute atomic E-state index is 0.141. The third kappa shape index (κ3) is 5.49. The van der Waals surface area contributed by atoms with E-state index in [4.69, 9.17) is 16.3 Å². The molecule has 1 N–H and O–H groups in total. The summed E-state index contributed by atoms with van der Waals surface area (Å²) >= 11 is 5.55. The molecule has 1 fully saturated rings. The molecular formula is C15H18ClF3N2O4S. The van der Waals surface area contributed by atoms with Gasteiger partial charge in [-0.2, -0.15) is 13.2 Å². The first-order valence-corrected chi connectivity index (χ1v) is 9.94. The Balaban J connectivity index is 2.18. The number of alkyl halides is 3. The molecule has 1 aliphatic rings. The lowest BCUT2D eigenvalue weighted by Gasteiger charge is -2.23. The molecule has 0 aromatic heterocycles. The van der Waals surface area contributed by atoms with Gasteiger partial charge in [0, 0.05) is 13.2 Å². The van der Waals surface area contributed by atoms with Crippen LogP contribution in [-0.4, -0.2) is 46.4 Å². The lowest BCUT2D eigenvalue weighted by Crippen LogP contribution is -2.42. The first-order valence-electron chi connectivity index (χ1n) is 7.71. The van der Waals surface area contributed by atoms with Gasteiger partial charge in [0.25, 0.3) is 0 Å². The number of hydrogen-bond acceptors (Lipinski definition) is 4. The molecular weight excluding hydrogens is 397 g/mol. The van der Waals surface area contributed by atoms with Gasteiger partial charge in [-0.05, 0) is 31.0 Å². The Kier molecular flexibility index (Phi) is 6.41. The van der Waals surface area contributed by atoms with E-state index in [0.29, 0.717) is 17.0 Å². The van der Waals surface area contributed by atoms with Crippen molar-refractivity contribution < 1.29 is 31.1 Å². The van der Waals surface area contributed by atoms with Crippen LogP contribution in [0.3, 0.4) is 0 Å². The van der Waals surface area contributed by atoms with Crippen molar-refractivity contribution in [3.05, 3.63) is 28.8 Å². The number of amides is 1. The maximum absolute atomic E-state index is 13.0. The molecule has 0 bridgehead atoms. The van der Waals surface area contributed by atoms with E-state index in [9.17, 15) is 26.4 Å². The van der Waals surface area contributed by atoms with Gasteiger partial charge in [0.2, 0.25) is 15.9 Å². The molecule has 1 heterocycles. The molecule has 0 radical (unpaired) electrons. The molecule has 26 heavy (non-hydrogen) atoms. The Bertz CT molecular complexity index is 765. The number of carbonyl (C=O) groups is 1. The van der Waals surface area contributed by atoms with Crippen LogP contribution in [0.25, 0.3) is 0 Å². The summed E-state index contributed by atoms with van der Waals surface area (Å²) in [6.45, 7) is 0.163. The maximum Gasteiger partial charge on any atom is 0.417 e. The molecule has 2 rings (SSSR count). The fourth-order valence-corrected chi connectivity index (χ4v) is 3.58. The quantitative estimate of drug-likeness (QED) is 0.775. The SMILES string of the molecule is CS(=O)(=O)N(CC(=O)NC[C@H]1CCCO1)c1ccc(Cl)c(C(F)(F)F)c1. The van der Waals surface area contributed by atoms with Crippen LogP contribution in [0.2, 0.25) is 5.02 Å². The summed E-state index contributed by atoms with van der Waals surface area (Å²) in [4.78, 5) is 12.1. The van der Waals surface area contributed by atoms with E-state index in [0.717, 1.165) is 31.2 Å². The second kappa shape index (κ2) is 8.01. The van der Waals surface area contributed by atoms with E-state index in [-0.39, 0.29) is 18.3 Å². The van der Waals surface area contributed by atoms with E-state index in [1.807, 2.05) is 0 Å². The number of halogens is 4. The number of carbonyl (C=O) groups excluding carboxylic acids is 1. The van der Waals surface area contributed by atoms with Crippen molar-refractivity contribution in [2.24, 2.45) is 0 Å². The largest absolute Gasteiger partial charge is 0.417 e. The number of nitrogens with zero attached hydrogens (tertiary/aromatic N) is 1. The number of benzene rings is 1. The lowest BCUT2D eigenvalue weighted by atomic mass is 10.2. The standard InChI is InChI=1S/C15H18ClF3N2O4S/c1-26(23,24)21(9-14(22)20-8-11-3-2-6-25-11)10-4-5-13(16)12(7-10)15(17,18)19/h4-5,7,11H,2-3,6,8-9H2,1H3,(H,20,22)/t11-/m1/s1. The summed E-state index contributed by atoms with van der Waals surface area (Å²) in [5.74, 6) is -0.644. The fraction of sp³-hybridized carbons (Fsp3) is 0.533. The van der Waals surface area contributed by atoms with Crippen LogP contribution in [0.5, 0.6) is 0 Å². The highest BCUT2D eigenvalue weighted by atomic mass is 35.5. The Morgan fingerprint density at radius 3 is 2.65 bits per heavy atom. The zero-order chi connectivity index (χ0) is 19.5. The van der Waals surface area contributed by atoms with Crippen LogP contribution in [0.15, 0.2) is 18.2 Å². The molecule has 1 amide bonds. The molecule has 1 saturated heterocycles. The maximum atomic E-state index is 13.0. The Morgan fingerprint density at radius 1 is 1.42 bits per heavy atom. The monoisotopic (exact) mass is 414 g/mol. The smallest absolute Gasteiger partial charge is 0.376 e. The average molecular weight is 415 g/mol. The highest BCUT2D eigenvalue weighted by Crippen LogP contribution is 2.37. The van der Waals surface area contributed by atoms with Crippen molar-refractivity contribution in [1.29, 1.82) is 0 Å². The van der Waals surface area contributed by atoms with Crippen molar-refractivity contribution in [2.75, 3.05) is 30.3 Å². The number of anilines is 1. The molecule has 0 saturated carbocycles. The predicted molar refractivity (Wildman–Crippen MR) is 90.6 cm³/mol. The summed E-state index contributed by atoms with van der Waals surface area (Å²) in [5.41, 5.74) is -1.47. The van der Waals surface area contributed by atoms with Gasteiger partial charge in [0.05, 0.1) is 28.6 Å². The highest BCUT2D eigenvalue weighted by Gasteiger charge is 2.34. The van der Waals surface area contributed by atoms with Crippen LogP contribution in [-0.2, 0) is 25.7 Å². The van der Waals surface area contributed by atoms with Crippen LogP contribution < -0.4 is 9.62 Å². The van der Waals surface area contributed by atoms with Gasteiger partial charge in [-0.3, -0.25) is 9.10 Å². The van der Waals surface area contributed by atoms with Crippen molar-refractivity contribution in [3.8, 4) is 0 Å². The zero-order valence-electron chi connectivity index (χ0n) is 13.8. The number of hydrogen-bond donors (Lipinski definition) is 1. The molecule has 0 aliphatic carbocycles. The highest BCUT2D eigenvalue weighted by molar-refractivity contribution is 7.92. The Labute approximate surface area is 154 Å². The van der Waals surface area contributed by atoms with Crippen molar-refractivity contribution in [1.82, 2.24) is 5.32 Å². The minimum atomic E-state index is -4.75. The van der Waals surface area contributed by atoms with E-state index in [1.54, 1.807) is 0 Å². The van der Waals surface area contributed by atoms with Crippen LogP contribution in [0, 0.1) is 0 Å². The van der Waals surface area contributed by atoms with Crippen molar-refractivity contribution in [3.63, 3.8) is 0 Å². The van der Waals surface area contributed by atoms with E-state index >= 15 is 0 Å². The van der Waals surface area contributed by atoms with Crippen molar-refractivity contribution >= 4 is 33.2 Å². The van der Waals surface area contributed by atoms with Crippen LogP contribution in [0.4, 0.5) is 18.9 Å². The van der Waals surface area contributed by atoms with Gasteiger partial charge in [0.15, 0.2) is 0 Å². The second-order valence-electron chi connectivity index (χ2n) is 5.87. The summed E-state index contributed by atoms with van der Waals surface area (Å²) in [6, 6.07) is 2.67. The molecule has 146 valence electrons. The minimum Gasteiger partial charge on any atom is -0.376 e. The van der Waals surface area contributed by atoms with Gasteiger partial charge in [-0.1, -0.05) is 11.6 Å². The molecule has 1 aromatic rings.